The Morgan fingerprint density at radius 3 is 2.40 bits per heavy atom. The molecule has 30 heavy (non-hydrogen) atoms. The number of allylic oxidation sites excluding steroid dienone is 10. The monoisotopic (exact) mass is 625 g/mol. The molecule has 0 bridgehead atoms. The van der Waals surface area contributed by atoms with E-state index in [1.54, 1.807) is 0 Å². The summed E-state index contributed by atoms with van der Waals surface area (Å²) in [7, 11) is 2.07. The van der Waals surface area contributed by atoms with Gasteiger partial charge in [0, 0.05) is 12.0 Å². The van der Waals surface area contributed by atoms with Crippen LogP contribution in [0.4, 0.5) is 0 Å². The van der Waals surface area contributed by atoms with Crippen LogP contribution in [0, 0.1) is 50.4 Å². The number of rotatable bonds is 6. The summed E-state index contributed by atoms with van der Waals surface area (Å²) in [5.41, 5.74) is 5.72. The Morgan fingerprint density at radius 1 is 1.20 bits per heavy atom. The zero-order valence-corrected chi connectivity index (χ0v) is 23.3. The van der Waals surface area contributed by atoms with E-state index in [-0.39, 0.29) is 31.1 Å². The van der Waals surface area contributed by atoms with Crippen LogP contribution in [0.2, 0.25) is 0 Å². The Kier molecular flexibility index (Phi) is 13.2. The first-order chi connectivity index (χ1) is 14.1. The first kappa shape index (κ1) is 26.8. The normalized spacial score (nSPS) is 18.1. The van der Waals surface area contributed by atoms with Crippen molar-refractivity contribution in [2.24, 2.45) is 5.92 Å². The van der Waals surface area contributed by atoms with Gasteiger partial charge in [-0.3, -0.25) is 0 Å². The van der Waals surface area contributed by atoms with E-state index in [0.29, 0.717) is 12.0 Å². The molecule has 0 saturated heterocycles. The quantitative estimate of drug-likeness (QED) is 0.302. The molecule has 1 nitrogen and oxygen atoms in total. The summed E-state index contributed by atoms with van der Waals surface area (Å²) in [6.07, 6.45) is 21.2. The molecule has 0 aromatic heterocycles. The van der Waals surface area contributed by atoms with Gasteiger partial charge in [0.25, 0.3) is 0 Å². The zero-order chi connectivity index (χ0) is 21.1. The van der Waals surface area contributed by atoms with E-state index >= 15 is 0 Å². The van der Waals surface area contributed by atoms with Crippen molar-refractivity contribution in [2.75, 3.05) is 13.6 Å². The van der Waals surface area contributed by atoms with Crippen molar-refractivity contribution in [1.29, 1.82) is 0 Å². The molecule has 0 N–H and O–H groups in total. The van der Waals surface area contributed by atoms with Crippen LogP contribution in [-0.4, -0.2) is 24.5 Å². The van der Waals surface area contributed by atoms with Crippen molar-refractivity contribution in [3.05, 3.63) is 103 Å². The number of nitrogens with zero attached hydrogens (tertiary/aromatic N) is 1. The van der Waals surface area contributed by atoms with Crippen LogP contribution in [-0.2, 0) is 0 Å². The molecule has 1 unspecified atom stereocenters. The van der Waals surface area contributed by atoms with Gasteiger partial charge in [-0.05, 0) is 50.4 Å². The van der Waals surface area contributed by atoms with Crippen molar-refractivity contribution in [1.82, 2.24) is 4.90 Å². The Labute approximate surface area is 209 Å². The fraction of sp³-hybridized carbons (Fsp3) is 0.357. The summed E-state index contributed by atoms with van der Waals surface area (Å²) >= 11 is 0. The molecule has 158 valence electrons. The molecule has 1 aromatic rings. The van der Waals surface area contributed by atoms with Gasteiger partial charge in [0.1, 0.15) is 0 Å². The molecule has 0 heterocycles. The Morgan fingerprint density at radius 2 is 1.93 bits per heavy atom. The summed E-state index contributed by atoms with van der Waals surface area (Å²) < 4.78 is 0. The molecule has 0 aliphatic heterocycles. The molecular formula is C28H37NU. The summed E-state index contributed by atoms with van der Waals surface area (Å²) in [5, 5.41) is 0. The van der Waals surface area contributed by atoms with E-state index < -0.39 is 0 Å². The second kappa shape index (κ2) is 14.7. The van der Waals surface area contributed by atoms with Gasteiger partial charge in [0.15, 0.2) is 0 Å². The van der Waals surface area contributed by atoms with Gasteiger partial charge in [-0.1, -0.05) is 68.0 Å². The van der Waals surface area contributed by atoms with Gasteiger partial charge < -0.3 is 11.8 Å². The second-order valence-electron chi connectivity index (χ2n) is 7.83. The third-order valence-corrected chi connectivity index (χ3v) is 5.58. The first-order valence-corrected chi connectivity index (χ1v) is 10.9. The van der Waals surface area contributed by atoms with Crippen LogP contribution in [0.3, 0.4) is 0 Å². The predicted molar refractivity (Wildman–Crippen MR) is 129 cm³/mol. The molecular weight excluding hydrogens is 588 g/mol. The van der Waals surface area contributed by atoms with E-state index in [1.165, 1.54) is 22.3 Å². The predicted octanol–water partition coefficient (Wildman–Crippen LogP) is 7.23. The first-order valence-electron chi connectivity index (χ1n) is 10.9. The van der Waals surface area contributed by atoms with Crippen LogP contribution in [0.1, 0.15) is 45.6 Å². The van der Waals surface area contributed by atoms with E-state index in [4.69, 9.17) is 0 Å². The topological polar surface area (TPSA) is 3.24 Å². The minimum Gasteiger partial charge on any atom is -0.333 e. The van der Waals surface area contributed by atoms with Crippen LogP contribution in [0.5, 0.6) is 0 Å². The molecule has 0 saturated carbocycles. The van der Waals surface area contributed by atoms with Crippen molar-refractivity contribution in [3.63, 3.8) is 0 Å². The molecule has 0 fully saturated rings. The van der Waals surface area contributed by atoms with Crippen LogP contribution < -0.4 is 0 Å². The largest absolute Gasteiger partial charge is 2.00 e. The molecule has 0 spiro atoms. The van der Waals surface area contributed by atoms with E-state index in [2.05, 4.69) is 119 Å². The van der Waals surface area contributed by atoms with E-state index in [0.717, 1.165) is 25.8 Å². The summed E-state index contributed by atoms with van der Waals surface area (Å²) in [6, 6.07) is 11.5. The Hall–Kier alpha value is -1.20. The Balaban J connectivity index is 0.000000489. The average molecular weight is 626 g/mol. The van der Waals surface area contributed by atoms with Crippen molar-refractivity contribution < 1.29 is 31.1 Å². The number of benzene rings is 1. The molecule has 2 aliphatic carbocycles. The minimum absolute atomic E-state index is 0. The van der Waals surface area contributed by atoms with E-state index in [1.807, 2.05) is 0 Å². The maximum Gasteiger partial charge on any atom is 2.00 e. The van der Waals surface area contributed by atoms with Gasteiger partial charge in [0.2, 0.25) is 0 Å². The van der Waals surface area contributed by atoms with Gasteiger partial charge in [-0.15, -0.1) is 18.2 Å². The Bertz CT molecular complexity index is 765. The van der Waals surface area contributed by atoms with Crippen LogP contribution in [0.25, 0.3) is 5.57 Å². The molecule has 1 atom stereocenters. The molecule has 2 aliphatic rings. The minimum atomic E-state index is 0. The molecule has 3 rings (SSSR count). The third kappa shape index (κ3) is 8.15. The summed E-state index contributed by atoms with van der Waals surface area (Å²) in [5.74, 6) is 0.481. The maximum atomic E-state index is 3.73. The standard InChI is InChI=1S/C22H23.C6H14N.U/c1-2-21(18-12-6-3-7-13-18)22(19-14-8-4-9-15-19)20-16-10-5-11-17-20;1-5-7(4)6(2)3;/h3-10,12-14,16-17,19H,2,11,15H2,1H3;6H,1,5H2,2-4H3;/q2*-1;+2/b22-21-;;. The molecule has 1 aromatic carbocycles. The van der Waals surface area contributed by atoms with Gasteiger partial charge in [0.05, 0.1) is 0 Å². The van der Waals surface area contributed by atoms with Gasteiger partial charge >= 0.3 is 31.1 Å². The average Bonchev–Trinajstić information content (AvgIpc) is 2.79. The SMILES string of the molecule is CC/C(=C(/C1=CC[CH-]C=C1)C1C=CC=CC1)c1ccccc1.[CH2-]CN(C)C(C)C.[U+2]. The fourth-order valence-electron chi connectivity index (χ4n) is 3.57. The smallest absolute Gasteiger partial charge is 0.333 e. The van der Waals surface area contributed by atoms with Crippen molar-refractivity contribution in [3.8, 4) is 0 Å². The summed E-state index contributed by atoms with van der Waals surface area (Å²) in [6.45, 7) is 11.2. The maximum absolute atomic E-state index is 3.73. The third-order valence-electron chi connectivity index (χ3n) is 5.58. The van der Waals surface area contributed by atoms with Crippen LogP contribution in [0.15, 0.2) is 84.0 Å². The molecule has 0 amide bonds. The van der Waals surface area contributed by atoms with Crippen molar-refractivity contribution >= 4 is 5.57 Å². The van der Waals surface area contributed by atoms with Crippen molar-refractivity contribution in [2.45, 2.75) is 46.1 Å². The summed E-state index contributed by atoms with van der Waals surface area (Å²) in [4.78, 5) is 2.18. The van der Waals surface area contributed by atoms with Crippen LogP contribution >= 0.6 is 0 Å². The van der Waals surface area contributed by atoms with Gasteiger partial charge in [-0.2, -0.15) is 0 Å². The van der Waals surface area contributed by atoms with Gasteiger partial charge in [-0.25, -0.2) is 18.6 Å². The second-order valence-corrected chi connectivity index (χ2v) is 7.83. The number of hydrogen-bond donors (Lipinski definition) is 0. The zero-order valence-electron chi connectivity index (χ0n) is 19.1. The fourth-order valence-corrected chi connectivity index (χ4v) is 3.57. The van der Waals surface area contributed by atoms with E-state index in [9.17, 15) is 0 Å². The number of hydrogen-bond acceptors (Lipinski definition) is 1. The molecule has 2 heteroatoms. The molecule has 0 radical (unpaired) electrons.